The van der Waals surface area contributed by atoms with Crippen LogP contribution in [0.3, 0.4) is 0 Å². The van der Waals surface area contributed by atoms with Crippen molar-refractivity contribution in [2.45, 2.75) is 13.3 Å². The summed E-state index contributed by atoms with van der Waals surface area (Å²) in [7, 11) is 0. The second-order valence-electron chi connectivity index (χ2n) is 5.88. The summed E-state index contributed by atoms with van der Waals surface area (Å²) < 4.78 is 0. The van der Waals surface area contributed by atoms with Gasteiger partial charge in [0.2, 0.25) is 0 Å². The highest BCUT2D eigenvalue weighted by atomic mass is 32.1. The lowest BCUT2D eigenvalue weighted by atomic mass is 10.3. The summed E-state index contributed by atoms with van der Waals surface area (Å²) in [5, 5.41) is 12.7. The van der Waals surface area contributed by atoms with E-state index < -0.39 is 0 Å². The van der Waals surface area contributed by atoms with Crippen LogP contribution in [0.25, 0.3) is 0 Å². The lowest BCUT2D eigenvalue weighted by Gasteiger charge is -2.35. The van der Waals surface area contributed by atoms with Crippen LogP contribution in [-0.4, -0.2) is 70.6 Å². The van der Waals surface area contributed by atoms with Crippen LogP contribution in [0.15, 0.2) is 12.3 Å². The van der Waals surface area contributed by atoms with Gasteiger partial charge >= 0.3 is 0 Å². The molecule has 1 aliphatic heterocycles. The van der Waals surface area contributed by atoms with Crippen LogP contribution in [0.5, 0.6) is 0 Å². The molecule has 0 amide bonds. The second-order valence-corrected chi connectivity index (χ2v) is 6.94. The lowest BCUT2D eigenvalue weighted by molar-refractivity contribution is 0.112. The van der Waals surface area contributed by atoms with Gasteiger partial charge in [-0.15, -0.1) is 0 Å². The number of carbonyl (C=O) groups excluding carboxylic acids is 1. The van der Waals surface area contributed by atoms with E-state index in [0.29, 0.717) is 21.7 Å². The Hall–Kier alpha value is -2.10. The number of nitrogens with one attached hydrogen (secondary N) is 1. The number of aliphatic hydroxyl groups excluding tert-OH is 1. The first kappa shape index (κ1) is 17.7. The van der Waals surface area contributed by atoms with Crippen LogP contribution in [-0.2, 0) is 0 Å². The number of aliphatic hydroxyl groups is 1. The average Bonchev–Trinajstić information content (AvgIpc) is 3.07. The molecule has 3 heterocycles. The van der Waals surface area contributed by atoms with E-state index in [1.54, 1.807) is 6.20 Å². The molecule has 0 aliphatic carbocycles. The molecule has 1 fully saturated rings. The Morgan fingerprint density at radius 1 is 1.32 bits per heavy atom. The number of aromatic nitrogens is 3. The molecule has 9 heteroatoms. The van der Waals surface area contributed by atoms with E-state index in [-0.39, 0.29) is 6.61 Å². The fourth-order valence-corrected chi connectivity index (χ4v) is 3.42. The maximum absolute atomic E-state index is 10.8. The van der Waals surface area contributed by atoms with E-state index in [1.807, 2.05) is 13.0 Å². The summed E-state index contributed by atoms with van der Waals surface area (Å²) in [5.41, 5.74) is 0. The van der Waals surface area contributed by atoms with Crippen LogP contribution in [0, 0.1) is 6.92 Å². The topological polar surface area (TPSA) is 94.5 Å². The van der Waals surface area contributed by atoms with Crippen molar-refractivity contribution in [1.82, 2.24) is 19.9 Å². The molecule has 8 nitrogen and oxygen atoms in total. The van der Waals surface area contributed by atoms with Gasteiger partial charge < -0.3 is 15.3 Å². The molecule has 2 N–H and O–H groups in total. The van der Waals surface area contributed by atoms with Crippen LogP contribution < -0.4 is 10.2 Å². The van der Waals surface area contributed by atoms with Crippen LogP contribution in [0.2, 0.25) is 0 Å². The molecule has 1 aliphatic rings. The molecule has 0 saturated carbocycles. The normalized spacial score (nSPS) is 15.4. The van der Waals surface area contributed by atoms with E-state index in [4.69, 9.17) is 5.11 Å². The summed E-state index contributed by atoms with van der Waals surface area (Å²) >= 11 is 1.29. The van der Waals surface area contributed by atoms with Crippen molar-refractivity contribution >= 4 is 34.4 Å². The van der Waals surface area contributed by atoms with Gasteiger partial charge in [-0.25, -0.2) is 15.0 Å². The van der Waals surface area contributed by atoms with E-state index >= 15 is 0 Å². The quantitative estimate of drug-likeness (QED) is 0.712. The number of carbonyl (C=O) groups is 1. The van der Waals surface area contributed by atoms with Crippen molar-refractivity contribution in [3.8, 4) is 0 Å². The molecule has 1 saturated heterocycles. The van der Waals surface area contributed by atoms with Crippen LogP contribution in [0.4, 0.5) is 16.8 Å². The summed E-state index contributed by atoms with van der Waals surface area (Å²) in [4.78, 5) is 29.1. The highest BCUT2D eigenvalue weighted by molar-refractivity contribution is 7.17. The van der Waals surface area contributed by atoms with Gasteiger partial charge in [-0.2, -0.15) is 0 Å². The molecule has 0 radical (unpaired) electrons. The Bertz CT molecular complexity index is 714. The molecule has 0 bridgehead atoms. The highest BCUT2D eigenvalue weighted by Crippen LogP contribution is 2.23. The Balaban J connectivity index is 1.66. The Morgan fingerprint density at radius 2 is 2.12 bits per heavy atom. The summed E-state index contributed by atoms with van der Waals surface area (Å²) in [5.74, 6) is 2.26. The maximum Gasteiger partial charge on any atom is 0.188 e. The molecule has 0 aromatic carbocycles. The minimum absolute atomic E-state index is 0.239. The smallest absolute Gasteiger partial charge is 0.188 e. The van der Waals surface area contributed by atoms with Gasteiger partial charge in [0.05, 0.1) is 11.1 Å². The molecular formula is C16H22N6O2S. The number of piperazine rings is 1. The Morgan fingerprint density at radius 3 is 2.80 bits per heavy atom. The first-order chi connectivity index (χ1) is 12.2. The van der Waals surface area contributed by atoms with E-state index in [2.05, 4.69) is 30.1 Å². The number of aldehydes is 1. The van der Waals surface area contributed by atoms with Crippen molar-refractivity contribution in [2.24, 2.45) is 0 Å². The number of aryl methyl sites for hydroxylation is 1. The molecular weight excluding hydrogens is 340 g/mol. The van der Waals surface area contributed by atoms with Crippen molar-refractivity contribution in [2.75, 3.05) is 49.5 Å². The third-order valence-corrected chi connectivity index (χ3v) is 4.87. The molecule has 0 spiro atoms. The first-order valence-electron chi connectivity index (χ1n) is 8.30. The van der Waals surface area contributed by atoms with Crippen LogP contribution in [0.1, 0.15) is 21.9 Å². The zero-order chi connectivity index (χ0) is 17.6. The number of hydrogen-bond acceptors (Lipinski definition) is 9. The van der Waals surface area contributed by atoms with E-state index in [9.17, 15) is 4.79 Å². The number of anilines is 3. The minimum atomic E-state index is 0.239. The largest absolute Gasteiger partial charge is 0.396 e. The molecule has 25 heavy (non-hydrogen) atoms. The van der Waals surface area contributed by atoms with Crippen molar-refractivity contribution < 1.29 is 9.90 Å². The Labute approximate surface area is 150 Å². The third-order valence-electron chi connectivity index (χ3n) is 4.03. The third kappa shape index (κ3) is 4.71. The average molecular weight is 362 g/mol. The SMILES string of the molecule is Cc1nc(Nc2ncc(C=O)s2)cc(N2CCN(CCCO)CC2)n1. The Kier molecular flexibility index (Phi) is 5.90. The van der Waals surface area contributed by atoms with E-state index in [1.165, 1.54) is 11.3 Å². The van der Waals surface area contributed by atoms with Crippen molar-refractivity contribution in [3.05, 3.63) is 23.0 Å². The molecule has 3 rings (SSSR count). The monoisotopic (exact) mass is 362 g/mol. The number of thiazole rings is 1. The summed E-state index contributed by atoms with van der Waals surface area (Å²) in [6, 6.07) is 1.92. The highest BCUT2D eigenvalue weighted by Gasteiger charge is 2.18. The molecule has 2 aromatic heterocycles. The second kappa shape index (κ2) is 8.32. The van der Waals surface area contributed by atoms with Gasteiger partial charge in [0, 0.05) is 45.4 Å². The fourth-order valence-electron chi connectivity index (χ4n) is 2.78. The predicted molar refractivity (Wildman–Crippen MR) is 97.9 cm³/mol. The van der Waals surface area contributed by atoms with Crippen LogP contribution >= 0.6 is 11.3 Å². The number of nitrogens with zero attached hydrogens (tertiary/aromatic N) is 5. The maximum atomic E-state index is 10.8. The molecule has 134 valence electrons. The molecule has 0 unspecified atom stereocenters. The zero-order valence-electron chi connectivity index (χ0n) is 14.2. The van der Waals surface area contributed by atoms with Gasteiger partial charge in [0.15, 0.2) is 11.4 Å². The minimum Gasteiger partial charge on any atom is -0.396 e. The summed E-state index contributed by atoms with van der Waals surface area (Å²) in [6.45, 7) is 6.75. The fraction of sp³-hybridized carbons (Fsp3) is 0.500. The van der Waals surface area contributed by atoms with Gasteiger partial charge in [-0.1, -0.05) is 11.3 Å². The first-order valence-corrected chi connectivity index (χ1v) is 9.11. The van der Waals surface area contributed by atoms with Crippen molar-refractivity contribution in [3.63, 3.8) is 0 Å². The van der Waals surface area contributed by atoms with E-state index in [0.717, 1.165) is 51.2 Å². The van der Waals surface area contributed by atoms with Crippen molar-refractivity contribution in [1.29, 1.82) is 0 Å². The summed E-state index contributed by atoms with van der Waals surface area (Å²) in [6.07, 6.45) is 3.15. The van der Waals surface area contributed by atoms with Gasteiger partial charge in [0.1, 0.15) is 17.5 Å². The van der Waals surface area contributed by atoms with Gasteiger partial charge in [-0.05, 0) is 13.3 Å². The lowest BCUT2D eigenvalue weighted by Crippen LogP contribution is -2.47. The molecule has 2 aromatic rings. The number of rotatable bonds is 7. The zero-order valence-corrected chi connectivity index (χ0v) is 15.0. The molecule has 0 atom stereocenters. The number of hydrogen-bond donors (Lipinski definition) is 2. The van der Waals surface area contributed by atoms with Gasteiger partial charge in [-0.3, -0.25) is 9.69 Å². The van der Waals surface area contributed by atoms with Gasteiger partial charge in [0.25, 0.3) is 0 Å². The standard InChI is InChI=1S/C16H22N6O2S/c1-12-18-14(20-16-17-10-13(11-24)25-16)9-15(19-12)22-6-4-21(5-7-22)3-2-8-23/h9-11,23H,2-8H2,1H3,(H,17,18,19,20). The predicted octanol–water partition coefficient (Wildman–Crippen LogP) is 1.30.